The second-order valence-electron chi connectivity index (χ2n) is 3.65. The van der Waals surface area contributed by atoms with Gasteiger partial charge in [0.25, 0.3) is 5.91 Å². The van der Waals surface area contributed by atoms with Gasteiger partial charge in [-0.25, -0.2) is 13.8 Å². The average Bonchev–Trinajstić information content (AvgIpc) is 2.33. The minimum atomic E-state index is -1.20. The van der Waals surface area contributed by atoms with E-state index in [2.05, 4.69) is 10.3 Å². The van der Waals surface area contributed by atoms with Crippen molar-refractivity contribution in [2.45, 2.75) is 0 Å². The summed E-state index contributed by atoms with van der Waals surface area (Å²) in [6, 6.07) is 5.15. The molecule has 2 aromatic rings. The van der Waals surface area contributed by atoms with Gasteiger partial charge in [-0.05, 0) is 18.2 Å². The summed E-state index contributed by atoms with van der Waals surface area (Å²) >= 11 is 0. The molecule has 98 valence electrons. The number of nitrogens with two attached hydrogens (primary N) is 1. The molecule has 0 bridgehead atoms. The minimum absolute atomic E-state index is 0.0610. The maximum atomic E-state index is 13.0. The van der Waals surface area contributed by atoms with Crippen LogP contribution >= 0.6 is 0 Å². The van der Waals surface area contributed by atoms with Gasteiger partial charge in [0.05, 0.1) is 5.56 Å². The van der Waals surface area contributed by atoms with Gasteiger partial charge in [0, 0.05) is 11.8 Å². The summed E-state index contributed by atoms with van der Waals surface area (Å²) in [5.41, 5.74) is 4.92. The summed E-state index contributed by atoms with van der Waals surface area (Å²) in [6.45, 7) is 0. The molecule has 19 heavy (non-hydrogen) atoms. The maximum Gasteiger partial charge on any atom is 0.259 e. The van der Waals surface area contributed by atoms with Crippen molar-refractivity contribution in [1.29, 1.82) is 0 Å². The monoisotopic (exact) mass is 267 g/mol. The van der Waals surface area contributed by atoms with Gasteiger partial charge in [-0.3, -0.25) is 4.79 Å². The van der Waals surface area contributed by atoms with Crippen molar-refractivity contribution >= 4 is 17.4 Å². The van der Waals surface area contributed by atoms with Crippen molar-refractivity contribution in [3.05, 3.63) is 53.5 Å². The zero-order valence-electron chi connectivity index (χ0n) is 9.45. The topological polar surface area (TPSA) is 68.0 Å². The predicted molar refractivity (Wildman–Crippen MR) is 62.9 cm³/mol. The van der Waals surface area contributed by atoms with Gasteiger partial charge < -0.3 is 11.1 Å². The Hall–Kier alpha value is -2.57. The van der Waals surface area contributed by atoms with E-state index in [1.807, 2.05) is 0 Å². The molecule has 0 atom stereocenters. The minimum Gasteiger partial charge on any atom is -0.398 e. The Labute approximate surface area is 106 Å². The van der Waals surface area contributed by atoms with Crippen molar-refractivity contribution < 1.29 is 18.0 Å². The molecule has 0 unspecified atom stereocenters. The Balaban J connectivity index is 2.28. The summed E-state index contributed by atoms with van der Waals surface area (Å²) in [7, 11) is 0. The van der Waals surface area contributed by atoms with Crippen LogP contribution in [0.3, 0.4) is 0 Å². The van der Waals surface area contributed by atoms with E-state index in [9.17, 15) is 18.0 Å². The molecule has 0 radical (unpaired) electrons. The number of hydrogen-bond donors (Lipinski definition) is 2. The van der Waals surface area contributed by atoms with Crippen molar-refractivity contribution in [2.24, 2.45) is 0 Å². The molecule has 4 nitrogen and oxygen atoms in total. The van der Waals surface area contributed by atoms with Gasteiger partial charge in [0.2, 0.25) is 5.95 Å². The second-order valence-corrected chi connectivity index (χ2v) is 3.65. The highest BCUT2D eigenvalue weighted by Crippen LogP contribution is 2.18. The number of nitrogens with zero attached hydrogens (tertiary/aromatic N) is 1. The molecule has 1 heterocycles. The van der Waals surface area contributed by atoms with Crippen molar-refractivity contribution in [2.75, 3.05) is 11.1 Å². The smallest absolute Gasteiger partial charge is 0.259 e. The zero-order valence-corrected chi connectivity index (χ0v) is 9.45. The highest BCUT2D eigenvalue weighted by molar-refractivity contribution is 6.07. The van der Waals surface area contributed by atoms with E-state index >= 15 is 0 Å². The van der Waals surface area contributed by atoms with E-state index in [1.165, 1.54) is 12.1 Å². The number of hydrogen-bond acceptors (Lipinski definition) is 3. The summed E-state index contributed by atoms with van der Waals surface area (Å²) in [5.74, 6) is -4.01. The number of carbonyl (C=O) groups is 1. The molecule has 0 fully saturated rings. The van der Waals surface area contributed by atoms with Crippen LogP contribution in [-0.4, -0.2) is 10.9 Å². The largest absolute Gasteiger partial charge is 0.398 e. The van der Waals surface area contributed by atoms with Crippen LogP contribution in [0.25, 0.3) is 0 Å². The molecule has 0 aliphatic carbocycles. The number of nitrogen functional groups attached to an aromatic ring is 1. The van der Waals surface area contributed by atoms with Crippen LogP contribution in [0, 0.1) is 17.6 Å². The summed E-state index contributed by atoms with van der Waals surface area (Å²) in [5, 5.41) is 2.23. The Kier molecular flexibility index (Phi) is 3.37. The summed E-state index contributed by atoms with van der Waals surface area (Å²) in [6.07, 6.45) is 0. The van der Waals surface area contributed by atoms with E-state index < -0.39 is 23.5 Å². The highest BCUT2D eigenvalue weighted by Gasteiger charge is 2.15. The number of carbonyl (C=O) groups excluding carboxylic acids is 1. The number of halogens is 3. The molecule has 3 N–H and O–H groups in total. The van der Waals surface area contributed by atoms with Gasteiger partial charge in [-0.2, -0.15) is 4.39 Å². The average molecular weight is 267 g/mol. The molecule has 1 amide bonds. The first kappa shape index (κ1) is 12.9. The molecular formula is C12H8F3N3O. The quantitative estimate of drug-likeness (QED) is 0.648. The number of benzene rings is 1. The normalized spacial score (nSPS) is 10.3. The Morgan fingerprint density at radius 3 is 2.53 bits per heavy atom. The van der Waals surface area contributed by atoms with Crippen molar-refractivity contribution in [3.63, 3.8) is 0 Å². The molecule has 1 aromatic carbocycles. The van der Waals surface area contributed by atoms with Crippen LogP contribution in [-0.2, 0) is 0 Å². The van der Waals surface area contributed by atoms with E-state index in [0.29, 0.717) is 12.1 Å². The van der Waals surface area contributed by atoms with E-state index in [4.69, 9.17) is 5.73 Å². The SMILES string of the molecule is Nc1cc(F)c(F)cc1C(=O)Nc1cccc(F)n1. The fraction of sp³-hybridized carbons (Fsp3) is 0. The fourth-order valence-corrected chi connectivity index (χ4v) is 1.42. The van der Waals surface area contributed by atoms with Crippen molar-refractivity contribution in [3.8, 4) is 0 Å². The number of nitrogens with one attached hydrogen (secondary N) is 1. The Morgan fingerprint density at radius 1 is 1.16 bits per heavy atom. The fourth-order valence-electron chi connectivity index (χ4n) is 1.42. The number of rotatable bonds is 2. The lowest BCUT2D eigenvalue weighted by Gasteiger charge is -2.07. The van der Waals surface area contributed by atoms with Crippen LogP contribution in [0.4, 0.5) is 24.7 Å². The number of pyridine rings is 1. The number of anilines is 2. The third kappa shape index (κ3) is 2.82. The molecule has 1 aromatic heterocycles. The molecular weight excluding hydrogens is 259 g/mol. The van der Waals surface area contributed by atoms with Crippen LogP contribution in [0.15, 0.2) is 30.3 Å². The van der Waals surface area contributed by atoms with Gasteiger partial charge >= 0.3 is 0 Å². The lowest BCUT2D eigenvalue weighted by Crippen LogP contribution is -2.16. The first-order valence-corrected chi connectivity index (χ1v) is 5.16. The van der Waals surface area contributed by atoms with E-state index in [1.54, 1.807) is 0 Å². The zero-order chi connectivity index (χ0) is 14.0. The van der Waals surface area contributed by atoms with Gasteiger partial charge in [0.15, 0.2) is 11.6 Å². The third-order valence-electron chi connectivity index (χ3n) is 2.29. The van der Waals surface area contributed by atoms with E-state index in [-0.39, 0.29) is 17.1 Å². The van der Waals surface area contributed by atoms with Crippen LogP contribution in [0.5, 0.6) is 0 Å². The molecule has 0 aliphatic rings. The Morgan fingerprint density at radius 2 is 1.84 bits per heavy atom. The van der Waals surface area contributed by atoms with Crippen LogP contribution < -0.4 is 11.1 Å². The lowest BCUT2D eigenvalue weighted by molar-refractivity contribution is 0.102. The summed E-state index contributed by atoms with van der Waals surface area (Å²) in [4.78, 5) is 15.2. The predicted octanol–water partition coefficient (Wildman–Crippen LogP) is 2.33. The molecule has 0 saturated heterocycles. The molecule has 0 spiro atoms. The standard InChI is InChI=1S/C12H8F3N3O/c13-7-4-6(9(16)5-8(7)14)12(19)18-11-3-1-2-10(15)17-11/h1-5H,16H2,(H,17,18,19). The molecule has 0 aliphatic heterocycles. The van der Waals surface area contributed by atoms with Gasteiger partial charge in [-0.1, -0.05) is 6.07 Å². The number of aromatic nitrogens is 1. The first-order chi connectivity index (χ1) is 8.97. The van der Waals surface area contributed by atoms with Crippen LogP contribution in [0.2, 0.25) is 0 Å². The van der Waals surface area contributed by atoms with Gasteiger partial charge in [-0.15, -0.1) is 0 Å². The maximum absolute atomic E-state index is 13.0. The third-order valence-corrected chi connectivity index (χ3v) is 2.29. The lowest BCUT2D eigenvalue weighted by atomic mass is 10.1. The molecule has 7 heteroatoms. The first-order valence-electron chi connectivity index (χ1n) is 5.16. The Bertz CT molecular complexity index is 646. The highest BCUT2D eigenvalue weighted by atomic mass is 19.2. The van der Waals surface area contributed by atoms with Gasteiger partial charge in [0.1, 0.15) is 5.82 Å². The van der Waals surface area contributed by atoms with Crippen LogP contribution in [0.1, 0.15) is 10.4 Å². The molecule has 2 rings (SSSR count). The van der Waals surface area contributed by atoms with E-state index in [0.717, 1.165) is 6.07 Å². The molecule has 0 saturated carbocycles. The number of amides is 1. The van der Waals surface area contributed by atoms with Crippen molar-refractivity contribution in [1.82, 2.24) is 4.98 Å². The second kappa shape index (κ2) is 4.97. The summed E-state index contributed by atoms with van der Waals surface area (Å²) < 4.78 is 38.7.